The lowest BCUT2D eigenvalue weighted by Crippen LogP contribution is -2.29. The zero-order chi connectivity index (χ0) is 43.2. The highest BCUT2D eigenvalue weighted by molar-refractivity contribution is 7.47. The molecule has 0 bridgehead atoms. The van der Waals surface area contributed by atoms with Crippen LogP contribution in [0.3, 0.4) is 0 Å². The van der Waals surface area contributed by atoms with Crippen molar-refractivity contribution in [1.82, 2.24) is 0 Å². The van der Waals surface area contributed by atoms with Gasteiger partial charge in [-0.15, -0.1) is 0 Å². The number of carbonyl (C=O) groups excluding carboxylic acids is 1. The molecule has 3 unspecified atom stereocenters. The Morgan fingerprint density at radius 2 is 0.915 bits per heavy atom. The molecule has 0 heterocycles. The highest BCUT2D eigenvalue weighted by atomic mass is 31.2. The standard InChI is InChI=1S/C49H95O9P/c1-3-5-7-9-11-13-15-17-19-21-23-24-25-27-29-31-33-35-37-39-41-49(52)58-48(46-57-59(53,54)56-44-47(51)43-50)45-55-42-40-38-36-34-32-30-28-26-22-20-18-16-14-12-10-8-6-4-2/h12,14,18,20,47-48,50-51H,3-11,13,15-17,19,21-46H2,1-2H3,(H,53,54)/b14-12-,20-18-. The normalized spacial score (nSPS) is 14.1. The molecule has 9 nitrogen and oxygen atoms in total. The molecule has 0 aliphatic carbocycles. The van der Waals surface area contributed by atoms with Crippen LogP contribution < -0.4 is 0 Å². The van der Waals surface area contributed by atoms with E-state index >= 15 is 0 Å². The molecule has 0 aromatic carbocycles. The van der Waals surface area contributed by atoms with Crippen LogP contribution in [-0.4, -0.2) is 66.3 Å². The van der Waals surface area contributed by atoms with Gasteiger partial charge in [0, 0.05) is 13.0 Å². The molecule has 59 heavy (non-hydrogen) atoms. The largest absolute Gasteiger partial charge is 0.472 e. The van der Waals surface area contributed by atoms with Gasteiger partial charge in [0.15, 0.2) is 0 Å². The minimum atomic E-state index is -4.52. The first-order valence-electron chi connectivity index (χ1n) is 24.8. The number of aliphatic hydroxyl groups is 2. The lowest BCUT2D eigenvalue weighted by molar-refractivity contribution is -0.154. The Kier molecular flexibility index (Phi) is 45.6. The van der Waals surface area contributed by atoms with Gasteiger partial charge in [-0.1, -0.05) is 212 Å². The van der Waals surface area contributed by atoms with Crippen LogP contribution in [0.2, 0.25) is 0 Å². The van der Waals surface area contributed by atoms with Crippen molar-refractivity contribution in [3.8, 4) is 0 Å². The molecule has 0 fully saturated rings. The van der Waals surface area contributed by atoms with E-state index in [0.29, 0.717) is 6.61 Å². The summed E-state index contributed by atoms with van der Waals surface area (Å²) in [5.74, 6) is -0.379. The number of phosphoric acid groups is 1. The van der Waals surface area contributed by atoms with E-state index in [4.69, 9.17) is 23.6 Å². The SMILES string of the molecule is CCCCC/C=C\C/C=C\CCCCCCCCCCOCC(COP(=O)(O)OCC(O)CO)OC(=O)CCCCCCCCCCCCCCCCCCCCCC. The molecule has 350 valence electrons. The monoisotopic (exact) mass is 859 g/mol. The minimum absolute atomic E-state index is 0.0496. The summed E-state index contributed by atoms with van der Waals surface area (Å²) in [6.45, 7) is 3.53. The van der Waals surface area contributed by atoms with Crippen molar-refractivity contribution in [2.75, 3.05) is 33.0 Å². The van der Waals surface area contributed by atoms with Gasteiger partial charge in [0.05, 0.1) is 26.4 Å². The number of ether oxygens (including phenoxy) is 2. The maximum atomic E-state index is 12.7. The highest BCUT2D eigenvalue weighted by Crippen LogP contribution is 2.43. The van der Waals surface area contributed by atoms with Crippen molar-refractivity contribution >= 4 is 13.8 Å². The molecular formula is C49H95O9P. The lowest BCUT2D eigenvalue weighted by atomic mass is 10.0. The number of esters is 1. The molecule has 3 atom stereocenters. The molecule has 0 spiro atoms. The fourth-order valence-electron chi connectivity index (χ4n) is 7.09. The molecule has 0 aromatic rings. The van der Waals surface area contributed by atoms with Crippen molar-refractivity contribution in [3.05, 3.63) is 24.3 Å². The van der Waals surface area contributed by atoms with Gasteiger partial charge in [0.1, 0.15) is 12.2 Å². The number of rotatable bonds is 48. The summed E-state index contributed by atoms with van der Waals surface area (Å²) in [5, 5.41) is 18.4. The minimum Gasteiger partial charge on any atom is -0.457 e. The second-order valence-corrected chi connectivity index (χ2v) is 18.3. The first-order valence-corrected chi connectivity index (χ1v) is 26.3. The third kappa shape index (κ3) is 46.3. The van der Waals surface area contributed by atoms with E-state index in [-0.39, 0.29) is 25.6 Å². The topological polar surface area (TPSA) is 132 Å². The Labute approximate surface area is 363 Å². The van der Waals surface area contributed by atoms with Gasteiger partial charge in [-0.25, -0.2) is 4.57 Å². The summed E-state index contributed by atoms with van der Waals surface area (Å²) in [5.41, 5.74) is 0. The Morgan fingerprint density at radius 3 is 1.39 bits per heavy atom. The molecule has 10 heteroatoms. The Bertz CT molecular complexity index is 975. The number of unbranched alkanes of at least 4 members (excludes halogenated alkanes) is 30. The van der Waals surface area contributed by atoms with Gasteiger partial charge in [-0.3, -0.25) is 13.8 Å². The van der Waals surface area contributed by atoms with Crippen LogP contribution in [0, 0.1) is 0 Å². The predicted octanol–water partition coefficient (Wildman–Crippen LogP) is 14.2. The van der Waals surface area contributed by atoms with E-state index in [1.54, 1.807) is 0 Å². The van der Waals surface area contributed by atoms with Crippen LogP contribution >= 0.6 is 7.82 Å². The number of hydrogen-bond acceptors (Lipinski definition) is 8. The van der Waals surface area contributed by atoms with Gasteiger partial charge in [0.25, 0.3) is 0 Å². The maximum Gasteiger partial charge on any atom is 0.472 e. The quantitative estimate of drug-likeness (QED) is 0.0237. The van der Waals surface area contributed by atoms with Gasteiger partial charge < -0.3 is 24.6 Å². The summed E-state index contributed by atoms with van der Waals surface area (Å²) < 4.78 is 33.5. The van der Waals surface area contributed by atoms with Gasteiger partial charge in [-0.05, 0) is 44.9 Å². The van der Waals surface area contributed by atoms with Crippen LogP contribution in [-0.2, 0) is 27.9 Å². The van der Waals surface area contributed by atoms with Crippen LogP contribution in [0.15, 0.2) is 24.3 Å². The highest BCUT2D eigenvalue weighted by Gasteiger charge is 2.26. The first kappa shape index (κ1) is 57.9. The van der Waals surface area contributed by atoms with Crippen LogP contribution in [0.4, 0.5) is 0 Å². The van der Waals surface area contributed by atoms with E-state index in [1.165, 1.54) is 167 Å². The van der Waals surface area contributed by atoms with Crippen LogP contribution in [0.25, 0.3) is 0 Å². The zero-order valence-corrected chi connectivity index (χ0v) is 39.4. The van der Waals surface area contributed by atoms with Gasteiger partial charge >= 0.3 is 13.8 Å². The molecule has 0 radical (unpaired) electrons. The summed E-state index contributed by atoms with van der Waals surface area (Å²) in [4.78, 5) is 22.7. The summed E-state index contributed by atoms with van der Waals surface area (Å²) >= 11 is 0. The summed E-state index contributed by atoms with van der Waals surface area (Å²) in [6, 6.07) is 0. The second kappa shape index (κ2) is 46.4. The fraction of sp³-hybridized carbons (Fsp3) is 0.898. The molecule has 3 N–H and O–H groups in total. The third-order valence-electron chi connectivity index (χ3n) is 10.9. The number of hydrogen-bond donors (Lipinski definition) is 3. The molecule has 0 aliphatic rings. The second-order valence-electron chi connectivity index (χ2n) is 16.8. The molecule has 0 amide bonds. The average molecular weight is 859 g/mol. The third-order valence-corrected chi connectivity index (χ3v) is 11.8. The van der Waals surface area contributed by atoms with E-state index in [1.807, 2.05) is 0 Å². The van der Waals surface area contributed by atoms with Crippen molar-refractivity contribution in [3.63, 3.8) is 0 Å². The number of aliphatic hydroxyl groups excluding tert-OH is 2. The average Bonchev–Trinajstić information content (AvgIpc) is 3.23. The molecule has 0 aliphatic heterocycles. The Morgan fingerprint density at radius 1 is 0.525 bits per heavy atom. The van der Waals surface area contributed by atoms with Gasteiger partial charge in [0.2, 0.25) is 0 Å². The van der Waals surface area contributed by atoms with Crippen molar-refractivity contribution in [2.24, 2.45) is 0 Å². The van der Waals surface area contributed by atoms with E-state index in [0.717, 1.165) is 51.4 Å². The zero-order valence-electron chi connectivity index (χ0n) is 38.5. The molecule has 0 rings (SSSR count). The van der Waals surface area contributed by atoms with E-state index in [9.17, 15) is 19.4 Å². The van der Waals surface area contributed by atoms with Gasteiger partial charge in [-0.2, -0.15) is 0 Å². The van der Waals surface area contributed by atoms with E-state index in [2.05, 4.69) is 38.2 Å². The molecule has 0 aromatic heterocycles. The van der Waals surface area contributed by atoms with Crippen LogP contribution in [0.5, 0.6) is 0 Å². The summed E-state index contributed by atoms with van der Waals surface area (Å²) in [7, 11) is -4.52. The maximum absolute atomic E-state index is 12.7. The smallest absolute Gasteiger partial charge is 0.457 e. The first-order chi connectivity index (χ1) is 28.8. The van der Waals surface area contributed by atoms with Crippen molar-refractivity contribution < 1.29 is 43.0 Å². The Hall–Kier alpha value is -1.06. The van der Waals surface area contributed by atoms with Crippen molar-refractivity contribution in [2.45, 2.75) is 251 Å². The van der Waals surface area contributed by atoms with E-state index < -0.39 is 33.2 Å². The molecule has 0 saturated heterocycles. The summed E-state index contributed by atoms with van der Waals surface area (Å²) in [6.07, 6.45) is 49.9. The van der Waals surface area contributed by atoms with Crippen molar-refractivity contribution in [1.29, 1.82) is 0 Å². The number of phosphoric ester groups is 1. The lowest BCUT2D eigenvalue weighted by Gasteiger charge is -2.20. The molecule has 0 saturated carbocycles. The number of allylic oxidation sites excluding steroid dienone is 4. The van der Waals surface area contributed by atoms with Crippen LogP contribution in [0.1, 0.15) is 239 Å². The predicted molar refractivity (Wildman–Crippen MR) is 247 cm³/mol. The number of carbonyl (C=O) groups is 1. The molecular weight excluding hydrogens is 764 g/mol. The Balaban J connectivity index is 4.07. The fourth-order valence-corrected chi connectivity index (χ4v) is 7.88.